The fraction of sp³-hybridized carbons (Fsp3) is 0.412. The van der Waals surface area contributed by atoms with E-state index in [1.54, 1.807) is 29.9 Å². The molecule has 0 radical (unpaired) electrons. The van der Waals surface area contributed by atoms with Crippen LogP contribution in [-0.4, -0.2) is 35.9 Å². The van der Waals surface area contributed by atoms with Crippen LogP contribution in [0, 0.1) is 6.92 Å². The van der Waals surface area contributed by atoms with E-state index in [2.05, 4.69) is 26.8 Å². The van der Waals surface area contributed by atoms with Crippen LogP contribution in [0.25, 0.3) is 11.5 Å². The Morgan fingerprint density at radius 2 is 2.04 bits per heavy atom. The number of nitrogens with zero attached hydrogens (tertiary/aromatic N) is 6. The summed E-state index contributed by atoms with van der Waals surface area (Å²) in [6.07, 6.45) is 9.57. The van der Waals surface area contributed by atoms with Gasteiger partial charge in [0.15, 0.2) is 5.82 Å². The molecule has 0 unspecified atom stereocenters. The molecule has 0 spiro atoms. The lowest BCUT2D eigenvalue weighted by molar-refractivity contribution is 0.246. The topological polar surface area (TPSA) is 59.7 Å². The Bertz CT molecular complexity index is 839. The minimum absolute atomic E-state index is 0.284. The van der Waals surface area contributed by atoms with Crippen LogP contribution >= 0.6 is 11.3 Å². The quantitative estimate of drug-likeness (QED) is 0.731. The summed E-state index contributed by atoms with van der Waals surface area (Å²) in [7, 11) is 1.99. The predicted molar refractivity (Wildman–Crippen MR) is 93.5 cm³/mol. The second-order valence-electron chi connectivity index (χ2n) is 6.14. The summed E-state index contributed by atoms with van der Waals surface area (Å²) in [5.74, 6) is 0.874. The summed E-state index contributed by atoms with van der Waals surface area (Å²) in [4.78, 5) is 22.0. The van der Waals surface area contributed by atoms with Crippen molar-refractivity contribution in [3.8, 4) is 11.5 Å². The second-order valence-corrected chi connectivity index (χ2v) is 7.08. The maximum atomic E-state index is 4.69. The highest BCUT2D eigenvalue weighted by Crippen LogP contribution is 2.36. The molecule has 1 aliphatic rings. The Morgan fingerprint density at radius 1 is 1.17 bits per heavy atom. The monoisotopic (exact) mass is 340 g/mol. The molecule has 1 aliphatic heterocycles. The first-order valence-electron chi connectivity index (χ1n) is 8.15. The standard InChI is InChI=1S/C17H20N6S/c1-12-14(24-11-21-12)10-23-8-3-4-13(23)15-16(19-6-5-18-15)17-20-7-9-22(17)2/h5-7,9,11,13H,3-4,8,10H2,1-2H3/t13-/m0/s1. The molecule has 0 aliphatic carbocycles. The first-order chi connectivity index (χ1) is 11.7. The van der Waals surface area contributed by atoms with E-state index in [4.69, 9.17) is 4.98 Å². The largest absolute Gasteiger partial charge is 0.333 e. The van der Waals surface area contributed by atoms with E-state index in [9.17, 15) is 0 Å². The molecule has 4 rings (SSSR count). The molecule has 3 aromatic heterocycles. The predicted octanol–water partition coefficient (Wildman–Crippen LogP) is 2.98. The lowest BCUT2D eigenvalue weighted by Gasteiger charge is -2.24. The van der Waals surface area contributed by atoms with Gasteiger partial charge in [0.1, 0.15) is 5.69 Å². The van der Waals surface area contributed by atoms with E-state index < -0.39 is 0 Å². The zero-order valence-electron chi connectivity index (χ0n) is 13.9. The summed E-state index contributed by atoms with van der Waals surface area (Å²) in [6, 6.07) is 0.284. The van der Waals surface area contributed by atoms with Crippen LogP contribution in [0.3, 0.4) is 0 Å². The Kier molecular flexibility index (Phi) is 4.12. The smallest absolute Gasteiger partial charge is 0.160 e. The maximum Gasteiger partial charge on any atom is 0.160 e. The number of hydrogen-bond acceptors (Lipinski definition) is 6. The van der Waals surface area contributed by atoms with Crippen molar-refractivity contribution >= 4 is 11.3 Å². The Labute approximate surface area is 145 Å². The van der Waals surface area contributed by atoms with Gasteiger partial charge in [-0.3, -0.25) is 9.88 Å². The van der Waals surface area contributed by atoms with Crippen molar-refractivity contribution in [3.63, 3.8) is 0 Å². The summed E-state index contributed by atoms with van der Waals surface area (Å²) in [6.45, 7) is 4.09. The van der Waals surface area contributed by atoms with E-state index in [0.29, 0.717) is 0 Å². The van der Waals surface area contributed by atoms with Gasteiger partial charge in [-0.1, -0.05) is 0 Å². The molecular formula is C17H20N6S. The molecule has 0 saturated carbocycles. The van der Waals surface area contributed by atoms with Gasteiger partial charge in [0.05, 0.1) is 22.9 Å². The Morgan fingerprint density at radius 3 is 2.79 bits per heavy atom. The van der Waals surface area contributed by atoms with E-state index in [0.717, 1.165) is 42.4 Å². The molecule has 0 amide bonds. The molecule has 24 heavy (non-hydrogen) atoms. The van der Waals surface area contributed by atoms with E-state index in [1.807, 2.05) is 23.3 Å². The molecule has 1 fully saturated rings. The molecular weight excluding hydrogens is 320 g/mol. The van der Waals surface area contributed by atoms with Gasteiger partial charge in [-0.25, -0.2) is 15.0 Å². The molecule has 1 saturated heterocycles. The number of likely N-dealkylation sites (tertiary alicyclic amines) is 1. The van der Waals surface area contributed by atoms with Crippen molar-refractivity contribution in [2.45, 2.75) is 32.4 Å². The molecule has 3 aromatic rings. The first kappa shape index (κ1) is 15.4. The van der Waals surface area contributed by atoms with Crippen LogP contribution in [0.2, 0.25) is 0 Å². The lowest BCUT2D eigenvalue weighted by atomic mass is 10.1. The van der Waals surface area contributed by atoms with Crippen molar-refractivity contribution < 1.29 is 0 Å². The summed E-state index contributed by atoms with van der Waals surface area (Å²) in [5.41, 5.74) is 4.99. The van der Waals surface area contributed by atoms with Crippen molar-refractivity contribution in [2.75, 3.05) is 6.54 Å². The minimum Gasteiger partial charge on any atom is -0.333 e. The second kappa shape index (κ2) is 6.41. The number of rotatable bonds is 4. The van der Waals surface area contributed by atoms with Crippen LogP contribution in [-0.2, 0) is 13.6 Å². The van der Waals surface area contributed by atoms with Gasteiger partial charge in [0, 0.05) is 43.3 Å². The molecule has 4 heterocycles. The number of thiazole rings is 1. The van der Waals surface area contributed by atoms with Crippen molar-refractivity contribution in [1.82, 2.24) is 29.4 Å². The molecule has 1 atom stereocenters. The van der Waals surface area contributed by atoms with Gasteiger partial charge in [0.2, 0.25) is 0 Å². The van der Waals surface area contributed by atoms with Gasteiger partial charge in [0.25, 0.3) is 0 Å². The molecule has 6 nitrogen and oxygen atoms in total. The van der Waals surface area contributed by atoms with Crippen LogP contribution in [0.1, 0.15) is 35.1 Å². The number of aromatic nitrogens is 5. The third-order valence-corrected chi connectivity index (χ3v) is 5.55. The first-order valence-corrected chi connectivity index (χ1v) is 9.03. The average Bonchev–Trinajstić information content (AvgIpc) is 3.31. The van der Waals surface area contributed by atoms with Crippen LogP contribution < -0.4 is 0 Å². The van der Waals surface area contributed by atoms with E-state index in [1.165, 1.54) is 11.3 Å². The van der Waals surface area contributed by atoms with Gasteiger partial charge >= 0.3 is 0 Å². The van der Waals surface area contributed by atoms with Gasteiger partial charge in [-0.15, -0.1) is 11.3 Å². The Balaban J connectivity index is 1.68. The van der Waals surface area contributed by atoms with Crippen LogP contribution in [0.4, 0.5) is 0 Å². The fourth-order valence-electron chi connectivity index (χ4n) is 3.35. The van der Waals surface area contributed by atoms with Crippen molar-refractivity contribution in [3.05, 3.63) is 46.6 Å². The highest BCUT2D eigenvalue weighted by molar-refractivity contribution is 7.09. The van der Waals surface area contributed by atoms with Gasteiger partial charge in [-0.05, 0) is 26.3 Å². The van der Waals surface area contributed by atoms with E-state index >= 15 is 0 Å². The average molecular weight is 340 g/mol. The molecule has 7 heteroatoms. The highest BCUT2D eigenvalue weighted by Gasteiger charge is 2.31. The number of hydrogen-bond donors (Lipinski definition) is 0. The van der Waals surface area contributed by atoms with Gasteiger partial charge < -0.3 is 4.57 Å². The molecule has 0 aromatic carbocycles. The molecule has 0 N–H and O–H groups in total. The summed E-state index contributed by atoms with van der Waals surface area (Å²) >= 11 is 1.73. The highest BCUT2D eigenvalue weighted by atomic mass is 32.1. The minimum atomic E-state index is 0.284. The molecule has 124 valence electrons. The van der Waals surface area contributed by atoms with E-state index in [-0.39, 0.29) is 6.04 Å². The summed E-state index contributed by atoms with van der Waals surface area (Å²) in [5, 5.41) is 0. The number of aryl methyl sites for hydroxylation is 2. The summed E-state index contributed by atoms with van der Waals surface area (Å²) < 4.78 is 2.00. The van der Waals surface area contributed by atoms with Crippen molar-refractivity contribution in [1.29, 1.82) is 0 Å². The van der Waals surface area contributed by atoms with Crippen LogP contribution in [0.15, 0.2) is 30.3 Å². The Hall–Kier alpha value is -2.12. The normalized spacial score (nSPS) is 18.3. The number of imidazole rings is 1. The zero-order valence-corrected chi connectivity index (χ0v) is 14.7. The van der Waals surface area contributed by atoms with Crippen molar-refractivity contribution in [2.24, 2.45) is 7.05 Å². The molecule has 0 bridgehead atoms. The van der Waals surface area contributed by atoms with Gasteiger partial charge in [-0.2, -0.15) is 0 Å². The maximum absolute atomic E-state index is 4.69. The zero-order chi connectivity index (χ0) is 16.5. The lowest BCUT2D eigenvalue weighted by Crippen LogP contribution is -2.24. The van der Waals surface area contributed by atoms with Crippen LogP contribution in [0.5, 0.6) is 0 Å². The third kappa shape index (κ3) is 2.74. The fourth-order valence-corrected chi connectivity index (χ4v) is 4.15. The third-order valence-electron chi connectivity index (χ3n) is 4.63. The SMILES string of the molecule is Cc1ncsc1CN1CCC[C@H]1c1nccnc1-c1nccn1C.